The van der Waals surface area contributed by atoms with Gasteiger partial charge in [0, 0.05) is 45.0 Å². The third-order valence-corrected chi connectivity index (χ3v) is 8.58. The van der Waals surface area contributed by atoms with Crippen molar-refractivity contribution in [2.75, 3.05) is 51.3 Å². The largest absolute Gasteiger partial charge is 0.497 e. The molecule has 0 spiro atoms. The van der Waals surface area contributed by atoms with Crippen LogP contribution in [0.5, 0.6) is 5.75 Å². The average Bonchev–Trinajstić information content (AvgIpc) is 3.37. The van der Waals surface area contributed by atoms with Crippen LogP contribution in [-0.4, -0.2) is 71.6 Å². The molecule has 2 aliphatic heterocycles. The lowest BCUT2D eigenvalue weighted by Crippen LogP contribution is -2.52. The van der Waals surface area contributed by atoms with Crippen LogP contribution in [0.2, 0.25) is 0 Å². The number of likely N-dealkylation sites (tertiary alicyclic amines) is 1. The van der Waals surface area contributed by atoms with E-state index in [1.54, 1.807) is 13.2 Å². The fraction of sp³-hybridized carbons (Fsp3) is 0.394. The van der Waals surface area contributed by atoms with Crippen LogP contribution in [0.25, 0.3) is 11.0 Å². The van der Waals surface area contributed by atoms with E-state index in [2.05, 4.69) is 27.7 Å². The number of hydrogen-bond donors (Lipinski definition) is 0. The highest BCUT2D eigenvalue weighted by Gasteiger charge is 2.33. The molecule has 1 aromatic heterocycles. The zero-order chi connectivity index (χ0) is 30.0. The molecule has 1 atom stereocenters. The first-order valence-electron chi connectivity index (χ1n) is 14.8. The standard InChI is InChI=1S/C33H36F3N5O2/c1-43-28-13-11-24(12-14-28)21-41-30-10-3-2-9-29(30)37-31(41)23-38-15-5-6-25(22-38)32(42)40-18-16-39(17-19-40)27-8-4-7-26(20-27)33(34,35)36/h2-4,7-14,20,25H,5-6,15-19,21-23H2,1H3/t25-/m1/s1. The molecule has 0 radical (unpaired) electrons. The maximum Gasteiger partial charge on any atom is 0.416 e. The number of imidazole rings is 1. The number of aromatic nitrogens is 2. The highest BCUT2D eigenvalue weighted by molar-refractivity contribution is 5.79. The number of nitrogens with zero attached hydrogens (tertiary/aromatic N) is 5. The van der Waals surface area contributed by atoms with Gasteiger partial charge in [0.25, 0.3) is 0 Å². The van der Waals surface area contributed by atoms with E-state index in [0.29, 0.717) is 51.5 Å². The predicted octanol–water partition coefficient (Wildman–Crippen LogP) is 5.67. The minimum absolute atomic E-state index is 0.103. The van der Waals surface area contributed by atoms with Crippen LogP contribution in [0.15, 0.2) is 72.8 Å². The van der Waals surface area contributed by atoms with E-state index in [4.69, 9.17) is 9.72 Å². The molecule has 7 nitrogen and oxygen atoms in total. The molecule has 0 bridgehead atoms. The minimum atomic E-state index is -4.37. The van der Waals surface area contributed by atoms with Crippen molar-refractivity contribution in [3.05, 3.63) is 89.7 Å². The number of piperazine rings is 1. The molecule has 4 aromatic rings. The quantitative estimate of drug-likeness (QED) is 0.277. The molecular formula is C33H36F3N5O2. The van der Waals surface area contributed by atoms with Gasteiger partial charge in [-0.05, 0) is 67.4 Å². The Kier molecular flexibility index (Phi) is 8.30. The molecule has 2 saturated heterocycles. The lowest BCUT2D eigenvalue weighted by molar-refractivity contribution is -0.138. The number of alkyl halides is 3. The fourth-order valence-corrected chi connectivity index (χ4v) is 6.26. The topological polar surface area (TPSA) is 53.8 Å². The Morgan fingerprint density at radius 2 is 1.70 bits per heavy atom. The van der Waals surface area contributed by atoms with Crippen molar-refractivity contribution in [3.63, 3.8) is 0 Å². The molecule has 0 N–H and O–H groups in total. The second-order valence-electron chi connectivity index (χ2n) is 11.4. The number of ether oxygens (including phenoxy) is 1. The van der Waals surface area contributed by atoms with Crippen molar-refractivity contribution in [1.82, 2.24) is 19.4 Å². The third-order valence-electron chi connectivity index (χ3n) is 8.58. The molecule has 43 heavy (non-hydrogen) atoms. The van der Waals surface area contributed by atoms with Crippen LogP contribution in [0.3, 0.4) is 0 Å². The Hall–Kier alpha value is -4.05. The van der Waals surface area contributed by atoms with Gasteiger partial charge in [0.1, 0.15) is 11.6 Å². The van der Waals surface area contributed by atoms with Gasteiger partial charge in [-0.2, -0.15) is 13.2 Å². The van der Waals surface area contributed by atoms with Crippen molar-refractivity contribution in [2.24, 2.45) is 5.92 Å². The normalized spacial score (nSPS) is 18.3. The number of hydrogen-bond acceptors (Lipinski definition) is 5. The Labute approximate surface area is 249 Å². The highest BCUT2D eigenvalue weighted by atomic mass is 19.4. The van der Waals surface area contributed by atoms with Gasteiger partial charge >= 0.3 is 6.18 Å². The molecule has 3 heterocycles. The Morgan fingerprint density at radius 3 is 2.44 bits per heavy atom. The molecule has 2 fully saturated rings. The second kappa shape index (κ2) is 12.3. The summed E-state index contributed by atoms with van der Waals surface area (Å²) in [7, 11) is 1.66. The molecule has 3 aromatic carbocycles. The number of carbonyl (C=O) groups is 1. The summed E-state index contributed by atoms with van der Waals surface area (Å²) in [6.07, 6.45) is -2.61. The van der Waals surface area contributed by atoms with Gasteiger partial charge in [-0.1, -0.05) is 30.3 Å². The van der Waals surface area contributed by atoms with Gasteiger partial charge in [0.05, 0.1) is 36.2 Å². The summed E-state index contributed by atoms with van der Waals surface area (Å²) < 4.78 is 47.2. The van der Waals surface area contributed by atoms with E-state index < -0.39 is 11.7 Å². The monoisotopic (exact) mass is 591 g/mol. The van der Waals surface area contributed by atoms with Crippen molar-refractivity contribution < 1.29 is 22.7 Å². The summed E-state index contributed by atoms with van der Waals surface area (Å²) in [5, 5.41) is 0. The molecule has 0 saturated carbocycles. The predicted molar refractivity (Wildman–Crippen MR) is 160 cm³/mol. The molecule has 6 rings (SSSR count). The van der Waals surface area contributed by atoms with Crippen LogP contribution in [-0.2, 0) is 24.1 Å². The van der Waals surface area contributed by atoms with Gasteiger partial charge in [-0.15, -0.1) is 0 Å². The van der Waals surface area contributed by atoms with E-state index in [1.807, 2.05) is 40.1 Å². The summed E-state index contributed by atoms with van der Waals surface area (Å²) in [5.41, 5.74) is 3.08. The summed E-state index contributed by atoms with van der Waals surface area (Å²) in [6.45, 7) is 4.94. The molecule has 10 heteroatoms. The van der Waals surface area contributed by atoms with Crippen LogP contribution in [0.4, 0.5) is 18.9 Å². The van der Waals surface area contributed by atoms with E-state index >= 15 is 0 Å². The molecule has 2 aliphatic rings. The number of halogens is 3. The van der Waals surface area contributed by atoms with Crippen molar-refractivity contribution in [2.45, 2.75) is 32.1 Å². The summed E-state index contributed by atoms with van der Waals surface area (Å²) in [4.78, 5) is 24.7. The number of amides is 1. The summed E-state index contributed by atoms with van der Waals surface area (Å²) in [6, 6.07) is 21.7. The number of anilines is 1. The van der Waals surface area contributed by atoms with Gasteiger partial charge in [-0.3, -0.25) is 9.69 Å². The van der Waals surface area contributed by atoms with E-state index in [-0.39, 0.29) is 11.8 Å². The Bertz CT molecular complexity index is 1560. The van der Waals surface area contributed by atoms with Gasteiger partial charge in [-0.25, -0.2) is 4.98 Å². The molecule has 0 aliphatic carbocycles. The molecule has 0 unspecified atom stereocenters. The number of rotatable bonds is 7. The van der Waals surface area contributed by atoms with Crippen molar-refractivity contribution in [3.8, 4) is 5.75 Å². The highest BCUT2D eigenvalue weighted by Crippen LogP contribution is 2.32. The minimum Gasteiger partial charge on any atom is -0.497 e. The van der Waals surface area contributed by atoms with Gasteiger partial charge in [0.15, 0.2) is 0 Å². The third kappa shape index (κ3) is 6.49. The van der Waals surface area contributed by atoms with Gasteiger partial charge < -0.3 is 19.1 Å². The van der Waals surface area contributed by atoms with E-state index in [1.165, 1.54) is 12.1 Å². The number of piperidine rings is 1. The Balaban J connectivity index is 1.10. The fourth-order valence-electron chi connectivity index (χ4n) is 6.26. The first-order valence-corrected chi connectivity index (χ1v) is 14.8. The second-order valence-corrected chi connectivity index (χ2v) is 11.4. The summed E-state index contributed by atoms with van der Waals surface area (Å²) >= 11 is 0. The first-order chi connectivity index (χ1) is 20.8. The molecule has 1 amide bonds. The Morgan fingerprint density at radius 1 is 0.930 bits per heavy atom. The van der Waals surface area contributed by atoms with Crippen LogP contribution in [0, 0.1) is 5.92 Å². The maximum absolute atomic E-state index is 13.6. The molecule has 226 valence electrons. The van der Waals surface area contributed by atoms with E-state index in [0.717, 1.165) is 53.6 Å². The van der Waals surface area contributed by atoms with E-state index in [9.17, 15) is 18.0 Å². The number of para-hydroxylation sites is 2. The number of methoxy groups -OCH3 is 1. The smallest absolute Gasteiger partial charge is 0.416 e. The zero-order valence-corrected chi connectivity index (χ0v) is 24.3. The van der Waals surface area contributed by atoms with Crippen molar-refractivity contribution in [1.29, 1.82) is 0 Å². The molecular weight excluding hydrogens is 555 g/mol. The lowest BCUT2D eigenvalue weighted by Gasteiger charge is -2.39. The number of benzene rings is 3. The lowest BCUT2D eigenvalue weighted by atomic mass is 9.96. The summed E-state index contributed by atoms with van der Waals surface area (Å²) in [5.74, 6) is 1.83. The van der Waals surface area contributed by atoms with Crippen molar-refractivity contribution >= 4 is 22.6 Å². The van der Waals surface area contributed by atoms with Crippen LogP contribution in [0.1, 0.15) is 29.8 Å². The SMILES string of the molecule is COc1ccc(Cn2c(CN3CCC[C@@H](C(=O)N4CCN(c5cccc(C(F)(F)F)c5)CC4)C3)nc3ccccc32)cc1. The number of carbonyl (C=O) groups excluding carboxylic acids is 1. The van der Waals surface area contributed by atoms with Crippen LogP contribution >= 0.6 is 0 Å². The average molecular weight is 592 g/mol. The maximum atomic E-state index is 13.6. The van der Waals surface area contributed by atoms with Gasteiger partial charge in [0.2, 0.25) is 5.91 Å². The number of fused-ring (bicyclic) bond motifs is 1. The zero-order valence-electron chi connectivity index (χ0n) is 24.3. The first kappa shape index (κ1) is 29.0. The van der Waals surface area contributed by atoms with Crippen LogP contribution < -0.4 is 9.64 Å².